The molecule has 3 N–H and O–H groups in total. The summed E-state index contributed by atoms with van der Waals surface area (Å²) in [5.74, 6) is -0.0313. The Morgan fingerprint density at radius 1 is 1.40 bits per heavy atom. The van der Waals surface area contributed by atoms with Crippen LogP contribution in [-0.2, 0) is 0 Å². The minimum Gasteiger partial charge on any atom is -0.397 e. The van der Waals surface area contributed by atoms with Crippen LogP contribution in [0.2, 0.25) is 0 Å². The molecule has 1 amide bonds. The molecular weight excluding hydrogens is 250 g/mol. The fourth-order valence-corrected chi connectivity index (χ4v) is 2.83. The lowest BCUT2D eigenvalue weighted by atomic mass is 10.1. The van der Waals surface area contributed by atoms with E-state index in [1.54, 1.807) is 6.07 Å². The van der Waals surface area contributed by atoms with E-state index in [2.05, 4.69) is 17.1 Å². The van der Waals surface area contributed by atoms with Crippen molar-refractivity contribution in [3.63, 3.8) is 0 Å². The lowest BCUT2D eigenvalue weighted by molar-refractivity contribution is 0.0956. The third-order valence-corrected chi connectivity index (χ3v) is 3.99. The molecule has 4 heteroatoms. The molecule has 4 nitrogen and oxygen atoms in total. The molecule has 0 spiro atoms. The lowest BCUT2D eigenvalue weighted by Crippen LogP contribution is -2.33. The third kappa shape index (κ3) is 3.24. The van der Waals surface area contributed by atoms with Gasteiger partial charge in [-0.3, -0.25) is 4.79 Å². The summed E-state index contributed by atoms with van der Waals surface area (Å²) in [6.45, 7) is 5.82. The van der Waals surface area contributed by atoms with Gasteiger partial charge >= 0.3 is 0 Å². The van der Waals surface area contributed by atoms with Crippen LogP contribution in [0.4, 0.5) is 11.4 Å². The number of carbonyl (C=O) groups excluding carboxylic acids is 1. The van der Waals surface area contributed by atoms with Gasteiger partial charge in [-0.05, 0) is 44.9 Å². The van der Waals surface area contributed by atoms with Gasteiger partial charge < -0.3 is 16.0 Å². The van der Waals surface area contributed by atoms with Crippen LogP contribution in [0, 0.1) is 0 Å². The van der Waals surface area contributed by atoms with Gasteiger partial charge in [0.2, 0.25) is 0 Å². The van der Waals surface area contributed by atoms with E-state index < -0.39 is 0 Å². The van der Waals surface area contributed by atoms with E-state index in [4.69, 9.17) is 5.73 Å². The van der Waals surface area contributed by atoms with Crippen molar-refractivity contribution in [2.45, 2.75) is 45.6 Å². The number of anilines is 2. The Morgan fingerprint density at radius 3 is 2.95 bits per heavy atom. The molecule has 0 bridgehead atoms. The van der Waals surface area contributed by atoms with Gasteiger partial charge in [-0.15, -0.1) is 0 Å². The summed E-state index contributed by atoms with van der Waals surface area (Å²) in [5.41, 5.74) is 8.58. The van der Waals surface area contributed by atoms with Gasteiger partial charge in [-0.2, -0.15) is 0 Å². The third-order valence-electron chi connectivity index (χ3n) is 3.99. The van der Waals surface area contributed by atoms with E-state index in [0.717, 1.165) is 17.9 Å². The molecule has 0 radical (unpaired) electrons. The average Bonchev–Trinajstić information content (AvgIpc) is 2.64. The molecule has 1 atom stereocenters. The maximum atomic E-state index is 12.0. The number of hydrogen-bond acceptors (Lipinski definition) is 3. The largest absolute Gasteiger partial charge is 0.397 e. The summed E-state index contributed by atoms with van der Waals surface area (Å²) in [5, 5.41) is 2.84. The van der Waals surface area contributed by atoms with Gasteiger partial charge in [-0.25, -0.2) is 0 Å². The number of hydrogen-bond donors (Lipinski definition) is 2. The Kier molecular flexibility index (Phi) is 4.88. The molecule has 0 aliphatic carbocycles. The molecule has 1 aliphatic heterocycles. The fraction of sp³-hybridized carbons (Fsp3) is 0.562. The lowest BCUT2D eigenvalue weighted by Gasteiger charge is -2.30. The molecule has 1 unspecified atom stereocenters. The number of amides is 1. The summed E-state index contributed by atoms with van der Waals surface area (Å²) in [6.07, 6.45) is 4.92. The topological polar surface area (TPSA) is 58.4 Å². The second-order valence-electron chi connectivity index (χ2n) is 5.52. The van der Waals surface area contributed by atoms with Crippen molar-refractivity contribution in [2.24, 2.45) is 0 Å². The van der Waals surface area contributed by atoms with Gasteiger partial charge in [0.1, 0.15) is 0 Å². The quantitative estimate of drug-likeness (QED) is 0.834. The number of nitrogens with zero attached hydrogens (tertiary/aromatic N) is 1. The van der Waals surface area contributed by atoms with Crippen LogP contribution in [0.25, 0.3) is 0 Å². The zero-order valence-electron chi connectivity index (χ0n) is 12.5. The molecule has 0 aromatic heterocycles. The first-order valence-electron chi connectivity index (χ1n) is 7.58. The molecule has 1 fully saturated rings. The standard InChI is InChI=1S/C16H25N3O/c1-3-18-16(20)13-8-9-14(17)15(11-13)19-10-6-4-5-7-12(19)2/h8-9,11-12H,3-7,10,17H2,1-2H3,(H,18,20). The summed E-state index contributed by atoms with van der Waals surface area (Å²) >= 11 is 0. The Bertz CT molecular complexity index is 473. The Morgan fingerprint density at radius 2 is 2.20 bits per heavy atom. The second-order valence-corrected chi connectivity index (χ2v) is 5.52. The highest BCUT2D eigenvalue weighted by Gasteiger charge is 2.20. The van der Waals surface area contributed by atoms with Crippen molar-refractivity contribution < 1.29 is 4.79 Å². The molecule has 110 valence electrons. The molecule has 1 saturated heterocycles. The molecule has 2 rings (SSSR count). The Hall–Kier alpha value is -1.71. The minimum absolute atomic E-state index is 0.0313. The van der Waals surface area contributed by atoms with Crippen molar-refractivity contribution in [3.8, 4) is 0 Å². The van der Waals surface area contributed by atoms with Crippen molar-refractivity contribution >= 4 is 17.3 Å². The molecule has 1 aliphatic rings. The van der Waals surface area contributed by atoms with Gasteiger partial charge in [0, 0.05) is 24.7 Å². The zero-order valence-corrected chi connectivity index (χ0v) is 12.5. The maximum absolute atomic E-state index is 12.0. The predicted molar refractivity (Wildman–Crippen MR) is 84.1 cm³/mol. The average molecular weight is 275 g/mol. The van der Waals surface area contributed by atoms with E-state index in [9.17, 15) is 4.79 Å². The first-order valence-corrected chi connectivity index (χ1v) is 7.58. The zero-order chi connectivity index (χ0) is 14.5. The van der Waals surface area contributed by atoms with Crippen LogP contribution in [0.5, 0.6) is 0 Å². The van der Waals surface area contributed by atoms with E-state index in [0.29, 0.717) is 18.2 Å². The highest BCUT2D eigenvalue weighted by atomic mass is 16.1. The van der Waals surface area contributed by atoms with Gasteiger partial charge in [-0.1, -0.05) is 12.8 Å². The van der Waals surface area contributed by atoms with E-state index in [-0.39, 0.29) is 5.91 Å². The van der Waals surface area contributed by atoms with Gasteiger partial charge in [0.25, 0.3) is 5.91 Å². The number of rotatable bonds is 3. The van der Waals surface area contributed by atoms with E-state index in [1.807, 2.05) is 19.1 Å². The predicted octanol–water partition coefficient (Wildman–Crippen LogP) is 2.79. The Labute approximate surface area is 121 Å². The first-order chi connectivity index (χ1) is 9.63. The SMILES string of the molecule is CCNC(=O)c1ccc(N)c(N2CCCCCC2C)c1. The highest BCUT2D eigenvalue weighted by Crippen LogP contribution is 2.30. The fourth-order valence-electron chi connectivity index (χ4n) is 2.83. The van der Waals surface area contributed by atoms with Crippen molar-refractivity contribution in [3.05, 3.63) is 23.8 Å². The van der Waals surface area contributed by atoms with Crippen LogP contribution >= 0.6 is 0 Å². The van der Waals surface area contributed by atoms with Crippen LogP contribution in [0.15, 0.2) is 18.2 Å². The molecule has 0 saturated carbocycles. The molecule has 1 heterocycles. The molecule has 20 heavy (non-hydrogen) atoms. The van der Waals surface area contributed by atoms with E-state index >= 15 is 0 Å². The van der Waals surface area contributed by atoms with Gasteiger partial charge in [0.15, 0.2) is 0 Å². The molecular formula is C16H25N3O. The van der Waals surface area contributed by atoms with Gasteiger partial charge in [0.05, 0.1) is 11.4 Å². The van der Waals surface area contributed by atoms with Crippen molar-refractivity contribution in [2.75, 3.05) is 23.7 Å². The number of nitrogens with one attached hydrogen (secondary N) is 1. The Balaban J connectivity index is 2.29. The number of benzene rings is 1. The number of nitrogen functional groups attached to an aromatic ring is 1. The maximum Gasteiger partial charge on any atom is 0.251 e. The number of nitrogens with two attached hydrogens (primary N) is 1. The molecule has 1 aromatic rings. The van der Waals surface area contributed by atoms with Crippen molar-refractivity contribution in [1.82, 2.24) is 5.32 Å². The van der Waals surface area contributed by atoms with E-state index in [1.165, 1.54) is 25.7 Å². The highest BCUT2D eigenvalue weighted by molar-refractivity contribution is 5.96. The summed E-state index contributed by atoms with van der Waals surface area (Å²) in [4.78, 5) is 14.3. The van der Waals surface area contributed by atoms with Crippen LogP contribution < -0.4 is 16.0 Å². The summed E-state index contributed by atoms with van der Waals surface area (Å²) < 4.78 is 0. The monoisotopic (exact) mass is 275 g/mol. The minimum atomic E-state index is -0.0313. The second kappa shape index (κ2) is 6.64. The summed E-state index contributed by atoms with van der Waals surface area (Å²) in [6, 6.07) is 6.05. The van der Waals surface area contributed by atoms with Crippen LogP contribution in [0.1, 0.15) is 49.9 Å². The first kappa shape index (κ1) is 14.7. The van der Waals surface area contributed by atoms with Crippen LogP contribution in [0.3, 0.4) is 0 Å². The molecule has 1 aromatic carbocycles. The van der Waals surface area contributed by atoms with Crippen LogP contribution in [-0.4, -0.2) is 25.0 Å². The number of carbonyl (C=O) groups is 1. The van der Waals surface area contributed by atoms with Crippen molar-refractivity contribution in [1.29, 1.82) is 0 Å². The smallest absolute Gasteiger partial charge is 0.251 e. The normalized spacial score (nSPS) is 19.5. The summed E-state index contributed by atoms with van der Waals surface area (Å²) in [7, 11) is 0.